The van der Waals surface area contributed by atoms with Gasteiger partial charge in [-0.2, -0.15) is 0 Å². The van der Waals surface area contributed by atoms with E-state index in [0.717, 1.165) is 37.6 Å². The van der Waals surface area contributed by atoms with Crippen molar-refractivity contribution >= 4 is 45.9 Å². The average Bonchev–Trinajstić information content (AvgIpc) is 2.89. The van der Waals surface area contributed by atoms with Crippen LogP contribution in [0.5, 0.6) is 0 Å². The maximum absolute atomic E-state index is 13.3. The number of thioether (sulfide) groups is 1. The van der Waals surface area contributed by atoms with Crippen molar-refractivity contribution < 1.29 is 19.1 Å². The van der Waals surface area contributed by atoms with Crippen molar-refractivity contribution in [3.05, 3.63) is 64.3 Å². The summed E-state index contributed by atoms with van der Waals surface area (Å²) in [6.07, 6.45) is 1.57. The lowest BCUT2D eigenvalue weighted by molar-refractivity contribution is -0.137. The zero-order valence-corrected chi connectivity index (χ0v) is 21.2. The molecule has 0 saturated carbocycles. The highest BCUT2D eigenvalue weighted by Crippen LogP contribution is 2.37. The van der Waals surface area contributed by atoms with Gasteiger partial charge in [0.05, 0.1) is 22.3 Å². The highest BCUT2D eigenvalue weighted by molar-refractivity contribution is 7.99. The third kappa shape index (κ3) is 5.39. The summed E-state index contributed by atoms with van der Waals surface area (Å²) in [5, 5.41) is 9.36. The standard InChI is InChI=1S/C26H30N4O5S/c1-3-29-9-10-30(4-2)21-13-23-16(12-20(21)29)11-17(26(34)35-23)22(31)14-24(19-7-5-6-8-28-19)36-15-18(27)25(32)33/h5-8,11-13,18,24H,3-4,9-10,14-15,27H2,1-2H3,(H,32,33)/t18-,24?/m0/s1. The number of benzene rings is 1. The van der Waals surface area contributed by atoms with Gasteiger partial charge in [0.1, 0.15) is 17.2 Å². The van der Waals surface area contributed by atoms with Gasteiger partial charge in [-0.3, -0.25) is 14.6 Å². The molecule has 9 nitrogen and oxygen atoms in total. The number of aliphatic carboxylic acids is 1. The summed E-state index contributed by atoms with van der Waals surface area (Å²) in [5.74, 6) is -1.41. The molecule has 0 saturated heterocycles. The molecule has 0 amide bonds. The Kier molecular flexibility index (Phi) is 7.95. The van der Waals surface area contributed by atoms with Crippen LogP contribution in [0.1, 0.15) is 41.6 Å². The van der Waals surface area contributed by atoms with Crippen molar-refractivity contribution in [1.82, 2.24) is 4.98 Å². The largest absolute Gasteiger partial charge is 0.480 e. The number of hydrogen-bond acceptors (Lipinski definition) is 9. The first-order chi connectivity index (χ1) is 17.3. The zero-order chi connectivity index (χ0) is 25.8. The molecular formula is C26H30N4O5S. The number of ketones is 1. The van der Waals surface area contributed by atoms with Gasteiger partial charge in [0, 0.05) is 56.0 Å². The maximum atomic E-state index is 13.3. The molecule has 1 aliphatic heterocycles. The number of fused-ring (bicyclic) bond motifs is 2. The summed E-state index contributed by atoms with van der Waals surface area (Å²) in [6, 6.07) is 9.71. The molecule has 3 N–H and O–H groups in total. The first kappa shape index (κ1) is 25.7. The van der Waals surface area contributed by atoms with Crippen LogP contribution in [0, 0.1) is 0 Å². The number of carbonyl (C=O) groups excluding carboxylic acids is 1. The number of anilines is 2. The molecule has 0 bridgehead atoms. The predicted molar refractivity (Wildman–Crippen MR) is 142 cm³/mol. The molecule has 2 aromatic heterocycles. The fourth-order valence-electron chi connectivity index (χ4n) is 4.37. The first-order valence-electron chi connectivity index (χ1n) is 12.0. The zero-order valence-electron chi connectivity index (χ0n) is 20.3. The van der Waals surface area contributed by atoms with Crippen LogP contribution >= 0.6 is 11.8 Å². The van der Waals surface area contributed by atoms with Crippen molar-refractivity contribution in [3.63, 3.8) is 0 Å². The van der Waals surface area contributed by atoms with E-state index in [1.54, 1.807) is 30.5 Å². The van der Waals surface area contributed by atoms with Crippen LogP contribution in [0.15, 0.2) is 51.8 Å². The van der Waals surface area contributed by atoms with Crippen LogP contribution in [0.4, 0.5) is 11.4 Å². The Morgan fingerprint density at radius 2 is 1.83 bits per heavy atom. The summed E-state index contributed by atoms with van der Waals surface area (Å²) in [4.78, 5) is 46.2. The van der Waals surface area contributed by atoms with Crippen LogP contribution in [-0.2, 0) is 4.79 Å². The predicted octanol–water partition coefficient (Wildman–Crippen LogP) is 3.31. The molecular weight excluding hydrogens is 480 g/mol. The highest BCUT2D eigenvalue weighted by atomic mass is 32.2. The van der Waals surface area contributed by atoms with Gasteiger partial charge in [-0.1, -0.05) is 6.07 Å². The summed E-state index contributed by atoms with van der Waals surface area (Å²) in [6.45, 7) is 7.66. The second kappa shape index (κ2) is 11.1. The fourth-order valence-corrected chi connectivity index (χ4v) is 5.53. The van der Waals surface area contributed by atoms with E-state index in [1.165, 1.54) is 11.8 Å². The molecule has 190 valence electrons. The topological polar surface area (TPSA) is 130 Å². The number of Topliss-reactive ketones (excluding diaryl/α,β-unsaturated/α-hetero) is 1. The SMILES string of the molecule is CCN1CCN(CC)c2cc3oc(=O)c(C(=O)CC(SC[C@H](N)C(=O)O)c4ccccn4)cc3cc21. The van der Waals surface area contributed by atoms with Gasteiger partial charge >= 0.3 is 11.6 Å². The molecule has 0 radical (unpaired) electrons. The number of carboxylic acid groups (broad SMARTS) is 1. The molecule has 4 rings (SSSR count). The minimum atomic E-state index is -1.12. The molecule has 3 aromatic rings. The first-order valence-corrected chi connectivity index (χ1v) is 13.0. The van der Waals surface area contributed by atoms with Crippen molar-refractivity contribution in [2.45, 2.75) is 31.6 Å². The Hall–Kier alpha value is -3.37. The molecule has 1 aromatic carbocycles. The number of aromatic nitrogens is 1. The molecule has 0 spiro atoms. The number of hydrogen-bond donors (Lipinski definition) is 2. The van der Waals surface area contributed by atoms with E-state index < -0.39 is 28.7 Å². The van der Waals surface area contributed by atoms with Gasteiger partial charge < -0.3 is 25.1 Å². The van der Waals surface area contributed by atoms with E-state index in [1.807, 2.05) is 12.1 Å². The Balaban J connectivity index is 1.66. The minimum Gasteiger partial charge on any atom is -0.480 e. The van der Waals surface area contributed by atoms with Crippen LogP contribution in [0.3, 0.4) is 0 Å². The lowest BCUT2D eigenvalue weighted by atomic mass is 10.0. The van der Waals surface area contributed by atoms with Crippen molar-refractivity contribution in [1.29, 1.82) is 0 Å². The number of carbonyl (C=O) groups is 2. The molecule has 2 atom stereocenters. The highest BCUT2D eigenvalue weighted by Gasteiger charge is 2.26. The summed E-state index contributed by atoms with van der Waals surface area (Å²) in [5.41, 5.74) is 8.07. The number of pyridine rings is 1. The summed E-state index contributed by atoms with van der Waals surface area (Å²) >= 11 is 1.23. The Morgan fingerprint density at radius 3 is 2.44 bits per heavy atom. The van der Waals surface area contributed by atoms with Gasteiger partial charge in [-0.05, 0) is 38.1 Å². The Labute approximate surface area is 213 Å². The van der Waals surface area contributed by atoms with E-state index in [-0.39, 0.29) is 17.7 Å². The van der Waals surface area contributed by atoms with Gasteiger partial charge in [-0.25, -0.2) is 4.79 Å². The monoisotopic (exact) mass is 510 g/mol. The van der Waals surface area contributed by atoms with Crippen LogP contribution < -0.4 is 21.2 Å². The maximum Gasteiger partial charge on any atom is 0.347 e. The molecule has 0 fully saturated rings. The van der Waals surface area contributed by atoms with Gasteiger partial charge in [0.2, 0.25) is 0 Å². The second-order valence-electron chi connectivity index (χ2n) is 8.63. The van der Waals surface area contributed by atoms with E-state index >= 15 is 0 Å². The summed E-state index contributed by atoms with van der Waals surface area (Å²) in [7, 11) is 0. The number of likely N-dealkylation sites (N-methyl/N-ethyl adjacent to an activating group) is 2. The summed E-state index contributed by atoms with van der Waals surface area (Å²) < 4.78 is 5.62. The Bertz CT molecular complexity index is 1310. The molecule has 0 aliphatic carbocycles. The smallest absolute Gasteiger partial charge is 0.347 e. The van der Waals surface area contributed by atoms with Crippen molar-refractivity contribution in [3.8, 4) is 0 Å². The number of nitrogens with two attached hydrogens (primary N) is 1. The van der Waals surface area contributed by atoms with Gasteiger partial charge in [-0.15, -0.1) is 11.8 Å². The minimum absolute atomic E-state index is 0.0299. The molecule has 3 heterocycles. The lowest BCUT2D eigenvalue weighted by Gasteiger charge is -2.38. The van der Waals surface area contributed by atoms with Crippen LogP contribution in [-0.4, -0.2) is 59.8 Å². The van der Waals surface area contributed by atoms with Crippen molar-refractivity contribution in [2.24, 2.45) is 5.73 Å². The van der Waals surface area contributed by atoms with Crippen LogP contribution in [0.25, 0.3) is 11.0 Å². The Morgan fingerprint density at radius 1 is 1.14 bits per heavy atom. The molecule has 1 aliphatic rings. The second-order valence-corrected chi connectivity index (χ2v) is 9.87. The van der Waals surface area contributed by atoms with Crippen molar-refractivity contribution in [2.75, 3.05) is 41.7 Å². The lowest BCUT2D eigenvalue weighted by Crippen LogP contribution is -2.40. The average molecular weight is 511 g/mol. The van der Waals surface area contributed by atoms with E-state index in [2.05, 4.69) is 28.6 Å². The van der Waals surface area contributed by atoms with E-state index in [9.17, 15) is 14.4 Å². The third-order valence-electron chi connectivity index (χ3n) is 6.40. The van der Waals surface area contributed by atoms with Crippen LogP contribution in [0.2, 0.25) is 0 Å². The molecule has 10 heteroatoms. The van der Waals surface area contributed by atoms with Gasteiger partial charge in [0.15, 0.2) is 5.78 Å². The fraction of sp³-hybridized carbons (Fsp3) is 0.385. The molecule has 1 unspecified atom stereocenters. The number of nitrogens with zero attached hydrogens (tertiary/aromatic N) is 3. The third-order valence-corrected chi connectivity index (χ3v) is 7.76. The normalized spacial score (nSPS) is 15.0. The van der Waals surface area contributed by atoms with Gasteiger partial charge in [0.25, 0.3) is 0 Å². The number of carboxylic acids is 1. The number of rotatable bonds is 10. The van der Waals surface area contributed by atoms with E-state index in [0.29, 0.717) is 16.7 Å². The quantitative estimate of drug-likeness (QED) is 0.309. The van der Waals surface area contributed by atoms with E-state index in [4.69, 9.17) is 15.3 Å². The molecule has 36 heavy (non-hydrogen) atoms.